The fourth-order valence-corrected chi connectivity index (χ4v) is 3.65. The molecule has 0 spiro atoms. The van der Waals surface area contributed by atoms with E-state index in [0.717, 1.165) is 16.7 Å². The van der Waals surface area contributed by atoms with Crippen LogP contribution in [0.2, 0.25) is 0 Å². The second-order valence-electron chi connectivity index (χ2n) is 4.98. The first-order chi connectivity index (χ1) is 10.1. The summed E-state index contributed by atoms with van der Waals surface area (Å²) in [4.78, 5) is 0. The molecule has 0 saturated heterocycles. The Bertz CT molecular complexity index is 754. The van der Waals surface area contributed by atoms with Gasteiger partial charge in [-0.1, -0.05) is 60.2 Å². The van der Waals surface area contributed by atoms with Gasteiger partial charge in [0, 0.05) is 0 Å². The zero-order valence-corrected chi connectivity index (χ0v) is 12.8. The number of hydrogen-bond acceptors (Lipinski definition) is 3. The minimum Gasteiger partial charge on any atom is -0.248 e. The molecule has 0 aliphatic heterocycles. The van der Waals surface area contributed by atoms with E-state index >= 15 is 0 Å². The molecule has 0 saturated carbocycles. The first-order valence-electron chi connectivity index (χ1n) is 6.76. The van der Waals surface area contributed by atoms with E-state index in [4.69, 9.17) is 5.26 Å². The number of aryl methyl sites for hydroxylation is 1. The van der Waals surface area contributed by atoms with Gasteiger partial charge in [0.25, 0.3) is 0 Å². The Kier molecular flexibility index (Phi) is 5.13. The Hall–Kier alpha value is -2.12. The van der Waals surface area contributed by atoms with E-state index in [9.17, 15) is 4.21 Å². The molecule has 0 bridgehead atoms. The SMILES string of the molecule is Cc1cccc(CS(=O)(CC#N)=NCc2ccccc2)c1. The van der Waals surface area contributed by atoms with Crippen LogP contribution < -0.4 is 0 Å². The lowest BCUT2D eigenvalue weighted by molar-refractivity contribution is 0.676. The van der Waals surface area contributed by atoms with Gasteiger partial charge in [-0.15, -0.1) is 0 Å². The van der Waals surface area contributed by atoms with Gasteiger partial charge in [0.1, 0.15) is 5.75 Å². The third-order valence-corrected chi connectivity index (χ3v) is 5.05. The Morgan fingerprint density at radius 2 is 1.81 bits per heavy atom. The highest BCUT2D eigenvalue weighted by atomic mass is 32.2. The molecule has 1 unspecified atom stereocenters. The molecule has 0 radical (unpaired) electrons. The van der Waals surface area contributed by atoms with Gasteiger partial charge in [-0.05, 0) is 18.1 Å². The second-order valence-corrected chi connectivity index (χ2v) is 7.36. The van der Waals surface area contributed by atoms with Gasteiger partial charge in [0.15, 0.2) is 0 Å². The molecule has 0 aliphatic rings. The van der Waals surface area contributed by atoms with Crippen molar-refractivity contribution in [2.24, 2.45) is 4.36 Å². The van der Waals surface area contributed by atoms with Crippen LogP contribution in [0.25, 0.3) is 0 Å². The quantitative estimate of drug-likeness (QED) is 0.845. The summed E-state index contributed by atoms with van der Waals surface area (Å²) in [7, 11) is -2.54. The molecular formula is C17H18N2OS. The number of benzene rings is 2. The summed E-state index contributed by atoms with van der Waals surface area (Å²) in [5.41, 5.74) is 3.09. The molecule has 0 N–H and O–H groups in total. The van der Waals surface area contributed by atoms with Crippen molar-refractivity contribution in [3.63, 3.8) is 0 Å². The maximum atomic E-state index is 12.9. The monoisotopic (exact) mass is 298 g/mol. The molecule has 0 aliphatic carbocycles. The molecule has 3 nitrogen and oxygen atoms in total. The minimum atomic E-state index is -2.54. The Balaban J connectivity index is 2.24. The van der Waals surface area contributed by atoms with E-state index in [2.05, 4.69) is 4.36 Å². The average Bonchev–Trinajstić information content (AvgIpc) is 2.47. The van der Waals surface area contributed by atoms with Crippen molar-refractivity contribution in [2.45, 2.75) is 19.2 Å². The van der Waals surface area contributed by atoms with E-state index < -0.39 is 9.73 Å². The third kappa shape index (κ3) is 4.73. The predicted molar refractivity (Wildman–Crippen MR) is 86.1 cm³/mol. The summed E-state index contributed by atoms with van der Waals surface area (Å²) in [5, 5.41) is 8.94. The lowest BCUT2D eigenvalue weighted by Crippen LogP contribution is -2.08. The number of hydrogen-bond donors (Lipinski definition) is 0. The molecule has 0 fully saturated rings. The molecule has 0 amide bonds. The largest absolute Gasteiger partial charge is 0.248 e. The van der Waals surface area contributed by atoms with Gasteiger partial charge in [0.05, 0.1) is 28.1 Å². The highest BCUT2D eigenvalue weighted by Crippen LogP contribution is 2.13. The Labute approximate surface area is 126 Å². The number of nitriles is 1. The summed E-state index contributed by atoms with van der Waals surface area (Å²) < 4.78 is 17.2. The van der Waals surface area contributed by atoms with Crippen molar-refractivity contribution in [1.82, 2.24) is 0 Å². The van der Waals surface area contributed by atoms with Crippen LogP contribution in [0.5, 0.6) is 0 Å². The zero-order chi connectivity index (χ0) is 15.1. The molecule has 4 heteroatoms. The fourth-order valence-electron chi connectivity index (χ4n) is 2.08. The first kappa shape index (κ1) is 15.3. The van der Waals surface area contributed by atoms with Crippen molar-refractivity contribution in [1.29, 1.82) is 5.26 Å². The van der Waals surface area contributed by atoms with Crippen molar-refractivity contribution in [3.05, 3.63) is 71.3 Å². The smallest absolute Gasteiger partial charge is 0.119 e. The van der Waals surface area contributed by atoms with Crippen LogP contribution in [0.4, 0.5) is 0 Å². The first-order valence-corrected chi connectivity index (χ1v) is 8.61. The minimum absolute atomic E-state index is 0.0340. The maximum Gasteiger partial charge on any atom is 0.119 e. The van der Waals surface area contributed by atoms with Crippen LogP contribution >= 0.6 is 0 Å². The molecule has 1 atom stereocenters. The molecule has 108 valence electrons. The van der Waals surface area contributed by atoms with Crippen molar-refractivity contribution < 1.29 is 4.21 Å². The molecule has 2 aromatic rings. The molecule has 21 heavy (non-hydrogen) atoms. The standard InChI is InChI=1S/C17H18N2OS/c1-15-6-5-9-17(12-15)14-21(20,11-10-18)19-13-16-7-3-2-4-8-16/h2-9,12H,11,13-14H2,1H3. The topological polar surface area (TPSA) is 53.2 Å². The number of nitrogens with zero attached hydrogens (tertiary/aromatic N) is 2. The average molecular weight is 298 g/mol. The van der Waals surface area contributed by atoms with Gasteiger partial charge < -0.3 is 0 Å². The molecule has 2 aromatic carbocycles. The summed E-state index contributed by atoms with van der Waals surface area (Å²) in [6, 6.07) is 19.6. The van der Waals surface area contributed by atoms with Crippen LogP contribution in [0.15, 0.2) is 59.0 Å². The molecular weight excluding hydrogens is 280 g/mol. The van der Waals surface area contributed by atoms with Crippen LogP contribution in [-0.4, -0.2) is 9.96 Å². The van der Waals surface area contributed by atoms with Crippen LogP contribution in [-0.2, 0) is 22.0 Å². The lowest BCUT2D eigenvalue weighted by Gasteiger charge is -2.08. The van der Waals surface area contributed by atoms with Crippen molar-refractivity contribution in [2.75, 3.05) is 5.75 Å². The van der Waals surface area contributed by atoms with Crippen LogP contribution in [0.1, 0.15) is 16.7 Å². The summed E-state index contributed by atoms with van der Waals surface area (Å²) in [5.74, 6) is 0.294. The highest BCUT2D eigenvalue weighted by Gasteiger charge is 2.10. The fraction of sp³-hybridized carbons (Fsp3) is 0.235. The number of rotatable bonds is 5. The highest BCUT2D eigenvalue weighted by molar-refractivity contribution is 7.93. The lowest BCUT2D eigenvalue weighted by atomic mass is 10.2. The van der Waals surface area contributed by atoms with E-state index in [1.807, 2.05) is 67.6 Å². The van der Waals surface area contributed by atoms with Gasteiger partial charge in [0.2, 0.25) is 0 Å². The van der Waals surface area contributed by atoms with Gasteiger partial charge in [-0.25, -0.2) is 8.57 Å². The zero-order valence-electron chi connectivity index (χ0n) is 12.0. The van der Waals surface area contributed by atoms with E-state index in [0.29, 0.717) is 12.3 Å². The predicted octanol–water partition coefficient (Wildman–Crippen LogP) is 3.69. The van der Waals surface area contributed by atoms with Gasteiger partial charge in [-0.2, -0.15) is 5.26 Å². The van der Waals surface area contributed by atoms with Gasteiger partial charge >= 0.3 is 0 Å². The summed E-state index contributed by atoms with van der Waals surface area (Å²) in [6.07, 6.45) is 0. The van der Waals surface area contributed by atoms with Crippen LogP contribution in [0.3, 0.4) is 0 Å². The van der Waals surface area contributed by atoms with Crippen molar-refractivity contribution in [3.8, 4) is 6.07 Å². The van der Waals surface area contributed by atoms with E-state index in [1.165, 1.54) is 0 Å². The van der Waals surface area contributed by atoms with E-state index in [1.54, 1.807) is 0 Å². The molecule has 0 aromatic heterocycles. The normalized spacial score (nSPS) is 13.1. The molecule has 2 rings (SSSR count). The maximum absolute atomic E-state index is 12.9. The summed E-state index contributed by atoms with van der Waals surface area (Å²) >= 11 is 0. The van der Waals surface area contributed by atoms with Crippen molar-refractivity contribution >= 4 is 9.73 Å². The second kappa shape index (κ2) is 7.05. The van der Waals surface area contributed by atoms with Gasteiger partial charge in [-0.3, -0.25) is 0 Å². The Morgan fingerprint density at radius 3 is 2.48 bits per heavy atom. The third-order valence-electron chi connectivity index (χ3n) is 3.09. The van der Waals surface area contributed by atoms with E-state index in [-0.39, 0.29) is 5.75 Å². The Morgan fingerprint density at radius 1 is 1.10 bits per heavy atom. The summed E-state index contributed by atoms with van der Waals surface area (Å²) in [6.45, 7) is 2.38. The van der Waals surface area contributed by atoms with Crippen LogP contribution in [0, 0.1) is 18.3 Å². The molecule has 0 heterocycles.